The number of hydrogen-bond donors (Lipinski definition) is 0. The molecule has 0 bridgehead atoms. The number of amides is 1. The lowest BCUT2D eigenvalue weighted by atomic mass is 10.0. The molecule has 1 saturated heterocycles. The van der Waals surface area contributed by atoms with E-state index in [0.29, 0.717) is 24.4 Å². The fourth-order valence-electron chi connectivity index (χ4n) is 2.67. The molecule has 0 saturated carbocycles. The predicted octanol–water partition coefficient (Wildman–Crippen LogP) is 3.05. The number of nitrogens with zero attached hydrogens (tertiary/aromatic N) is 1. The summed E-state index contributed by atoms with van der Waals surface area (Å²) in [6.45, 7) is 5.02. The smallest absolute Gasteiger partial charge is 0.222 e. The summed E-state index contributed by atoms with van der Waals surface area (Å²) in [6, 6.07) is 5.40. The molecule has 21 heavy (non-hydrogen) atoms. The molecular weight excluding hydrogens is 266 g/mol. The minimum absolute atomic E-state index is 0.0229. The number of Topliss-reactive ketones (excluding diaryl/α,β-unsaturated/α-hetero) is 1. The van der Waals surface area contributed by atoms with Crippen LogP contribution in [0.1, 0.15) is 49.0 Å². The number of ketones is 1. The van der Waals surface area contributed by atoms with Crippen LogP contribution in [0.4, 0.5) is 0 Å². The lowest BCUT2D eigenvalue weighted by Crippen LogP contribution is -2.30. The summed E-state index contributed by atoms with van der Waals surface area (Å²) in [6.07, 6.45) is 2.59. The van der Waals surface area contributed by atoms with E-state index < -0.39 is 0 Å². The van der Waals surface area contributed by atoms with Crippen molar-refractivity contribution in [1.29, 1.82) is 0 Å². The molecule has 1 unspecified atom stereocenters. The molecule has 0 spiro atoms. The van der Waals surface area contributed by atoms with Gasteiger partial charge < -0.3 is 9.64 Å². The summed E-state index contributed by atoms with van der Waals surface area (Å²) >= 11 is 0. The minimum Gasteiger partial charge on any atom is -0.496 e. The highest BCUT2D eigenvalue weighted by molar-refractivity contribution is 5.94. The summed E-state index contributed by atoms with van der Waals surface area (Å²) in [7, 11) is 1.61. The maximum atomic E-state index is 12.2. The molecule has 1 fully saturated rings. The first-order valence-corrected chi connectivity index (χ1v) is 7.47. The Morgan fingerprint density at radius 3 is 2.81 bits per heavy atom. The van der Waals surface area contributed by atoms with Crippen molar-refractivity contribution in [3.63, 3.8) is 0 Å². The van der Waals surface area contributed by atoms with Gasteiger partial charge in [0, 0.05) is 30.6 Å². The molecule has 4 nitrogen and oxygen atoms in total. The molecule has 0 radical (unpaired) electrons. The molecular formula is C17H23NO3. The average molecular weight is 289 g/mol. The van der Waals surface area contributed by atoms with Gasteiger partial charge in [-0.05, 0) is 43.9 Å². The summed E-state index contributed by atoms with van der Waals surface area (Å²) in [5.74, 6) is 1.53. The van der Waals surface area contributed by atoms with Crippen LogP contribution >= 0.6 is 0 Å². The van der Waals surface area contributed by atoms with E-state index >= 15 is 0 Å². The summed E-state index contributed by atoms with van der Waals surface area (Å²) in [4.78, 5) is 25.6. The monoisotopic (exact) mass is 289 g/mol. The molecule has 1 aromatic rings. The Morgan fingerprint density at radius 1 is 1.38 bits per heavy atom. The Morgan fingerprint density at radius 2 is 2.14 bits per heavy atom. The van der Waals surface area contributed by atoms with Gasteiger partial charge in [-0.15, -0.1) is 0 Å². The first-order valence-electron chi connectivity index (χ1n) is 7.47. The van der Waals surface area contributed by atoms with E-state index in [2.05, 4.69) is 6.92 Å². The van der Waals surface area contributed by atoms with Crippen LogP contribution in [0.3, 0.4) is 0 Å². The van der Waals surface area contributed by atoms with Crippen LogP contribution in [-0.2, 0) is 11.3 Å². The van der Waals surface area contributed by atoms with Crippen LogP contribution in [-0.4, -0.2) is 30.2 Å². The third-order valence-electron chi connectivity index (χ3n) is 4.14. The molecule has 0 aliphatic carbocycles. The van der Waals surface area contributed by atoms with Gasteiger partial charge in [0.1, 0.15) is 5.75 Å². The van der Waals surface area contributed by atoms with E-state index in [9.17, 15) is 9.59 Å². The van der Waals surface area contributed by atoms with Crippen molar-refractivity contribution in [2.75, 3.05) is 13.7 Å². The standard InChI is InChI=1S/C17H23NO3/c1-12-4-7-17(20)18(9-8-12)11-15-10-14(13(2)19)5-6-16(15)21-3/h5-6,10,12H,4,7-9,11H2,1-3H3. The summed E-state index contributed by atoms with van der Waals surface area (Å²) in [5.41, 5.74) is 1.55. The van der Waals surface area contributed by atoms with Gasteiger partial charge >= 0.3 is 0 Å². The van der Waals surface area contributed by atoms with Crippen LogP contribution in [0.25, 0.3) is 0 Å². The van der Waals surface area contributed by atoms with Crippen LogP contribution < -0.4 is 4.74 Å². The van der Waals surface area contributed by atoms with Crippen molar-refractivity contribution in [3.8, 4) is 5.75 Å². The topological polar surface area (TPSA) is 46.6 Å². The third-order valence-corrected chi connectivity index (χ3v) is 4.14. The SMILES string of the molecule is COc1ccc(C(C)=O)cc1CN1CCC(C)CCC1=O. The van der Waals surface area contributed by atoms with Gasteiger partial charge in [0.15, 0.2) is 5.78 Å². The zero-order chi connectivity index (χ0) is 15.4. The molecule has 4 heteroatoms. The van der Waals surface area contributed by atoms with Crippen molar-refractivity contribution in [3.05, 3.63) is 29.3 Å². The fourth-order valence-corrected chi connectivity index (χ4v) is 2.67. The molecule has 1 aromatic carbocycles. The second kappa shape index (κ2) is 6.74. The normalized spacial score (nSPS) is 19.3. The Labute approximate surface area is 126 Å². The number of rotatable bonds is 4. The predicted molar refractivity (Wildman–Crippen MR) is 81.4 cm³/mol. The van der Waals surface area contributed by atoms with E-state index in [1.165, 1.54) is 0 Å². The van der Waals surface area contributed by atoms with Gasteiger partial charge in [-0.3, -0.25) is 9.59 Å². The number of benzene rings is 1. The number of methoxy groups -OCH3 is 1. The van der Waals surface area contributed by atoms with Crippen LogP contribution in [0.15, 0.2) is 18.2 Å². The number of hydrogen-bond acceptors (Lipinski definition) is 3. The average Bonchev–Trinajstić information content (AvgIpc) is 2.62. The molecule has 1 atom stereocenters. The minimum atomic E-state index is 0.0229. The Balaban J connectivity index is 2.22. The molecule has 1 aliphatic rings. The van der Waals surface area contributed by atoms with Gasteiger partial charge in [0.25, 0.3) is 0 Å². The Bertz CT molecular complexity index is 539. The maximum Gasteiger partial charge on any atom is 0.222 e. The highest BCUT2D eigenvalue weighted by Crippen LogP contribution is 2.25. The quantitative estimate of drug-likeness (QED) is 0.800. The van der Waals surface area contributed by atoms with Gasteiger partial charge in [0.05, 0.1) is 7.11 Å². The first-order chi connectivity index (χ1) is 10.0. The first kappa shape index (κ1) is 15.5. The number of likely N-dealkylation sites (tertiary alicyclic amines) is 1. The van der Waals surface area contributed by atoms with E-state index in [0.717, 1.165) is 30.7 Å². The van der Waals surface area contributed by atoms with Crippen molar-refractivity contribution in [1.82, 2.24) is 4.90 Å². The zero-order valence-electron chi connectivity index (χ0n) is 13.0. The van der Waals surface area contributed by atoms with E-state index in [4.69, 9.17) is 4.74 Å². The maximum absolute atomic E-state index is 12.2. The molecule has 1 heterocycles. The summed E-state index contributed by atoms with van der Waals surface area (Å²) in [5, 5.41) is 0. The molecule has 1 amide bonds. The molecule has 1 aliphatic heterocycles. The lowest BCUT2D eigenvalue weighted by Gasteiger charge is -2.22. The highest BCUT2D eigenvalue weighted by atomic mass is 16.5. The molecule has 0 N–H and O–H groups in total. The van der Waals surface area contributed by atoms with Crippen molar-refractivity contribution in [2.24, 2.45) is 5.92 Å². The van der Waals surface area contributed by atoms with Gasteiger partial charge in [0.2, 0.25) is 5.91 Å². The third kappa shape index (κ3) is 3.84. The summed E-state index contributed by atoms with van der Waals surface area (Å²) < 4.78 is 5.36. The second-order valence-corrected chi connectivity index (χ2v) is 5.83. The van der Waals surface area contributed by atoms with E-state index in [1.54, 1.807) is 26.2 Å². The van der Waals surface area contributed by atoms with Crippen molar-refractivity contribution in [2.45, 2.75) is 39.7 Å². The van der Waals surface area contributed by atoms with E-state index in [-0.39, 0.29) is 11.7 Å². The Kier molecular flexibility index (Phi) is 4.99. The van der Waals surface area contributed by atoms with Gasteiger partial charge in [-0.25, -0.2) is 0 Å². The van der Waals surface area contributed by atoms with Crippen LogP contribution in [0.5, 0.6) is 5.75 Å². The number of carbonyl (C=O) groups excluding carboxylic acids is 2. The van der Waals surface area contributed by atoms with Crippen molar-refractivity contribution < 1.29 is 14.3 Å². The van der Waals surface area contributed by atoms with Crippen LogP contribution in [0.2, 0.25) is 0 Å². The number of carbonyl (C=O) groups is 2. The van der Waals surface area contributed by atoms with Crippen LogP contribution in [0, 0.1) is 5.92 Å². The second-order valence-electron chi connectivity index (χ2n) is 5.83. The van der Waals surface area contributed by atoms with Gasteiger partial charge in [-0.2, -0.15) is 0 Å². The Hall–Kier alpha value is -1.84. The largest absolute Gasteiger partial charge is 0.496 e. The lowest BCUT2D eigenvalue weighted by molar-refractivity contribution is -0.131. The van der Waals surface area contributed by atoms with E-state index in [1.807, 2.05) is 11.0 Å². The number of ether oxygens (including phenoxy) is 1. The molecule has 0 aromatic heterocycles. The fraction of sp³-hybridized carbons (Fsp3) is 0.529. The van der Waals surface area contributed by atoms with Gasteiger partial charge in [-0.1, -0.05) is 6.92 Å². The van der Waals surface area contributed by atoms with Crippen molar-refractivity contribution >= 4 is 11.7 Å². The zero-order valence-corrected chi connectivity index (χ0v) is 13.0. The molecule has 114 valence electrons. The molecule has 2 rings (SSSR count). The highest BCUT2D eigenvalue weighted by Gasteiger charge is 2.21.